The van der Waals surface area contributed by atoms with Crippen LogP contribution in [0, 0.1) is 0 Å². The molecule has 4 nitrogen and oxygen atoms in total. The van der Waals surface area contributed by atoms with Gasteiger partial charge in [0.25, 0.3) is 5.91 Å². The van der Waals surface area contributed by atoms with Gasteiger partial charge < -0.3 is 11.1 Å². The Bertz CT molecular complexity index is 438. The molecule has 3 N–H and O–H groups in total. The van der Waals surface area contributed by atoms with Crippen LogP contribution in [0.15, 0.2) is 12.3 Å². The molecule has 1 fully saturated rings. The SMILES string of the molecule is Nc1cnc(Cl)c(C(=O)NCC2CSCCS2)c1. The molecule has 1 unspecified atom stereocenters. The van der Waals surface area contributed by atoms with Gasteiger partial charge in [0.1, 0.15) is 5.15 Å². The molecule has 1 atom stereocenters. The molecule has 1 aromatic rings. The van der Waals surface area contributed by atoms with Crippen molar-refractivity contribution in [3.8, 4) is 0 Å². The second-order valence-electron chi connectivity index (χ2n) is 3.88. The Balaban J connectivity index is 1.92. The summed E-state index contributed by atoms with van der Waals surface area (Å²) in [5, 5.41) is 3.54. The zero-order valence-electron chi connectivity index (χ0n) is 9.69. The fraction of sp³-hybridized carbons (Fsp3) is 0.455. The summed E-state index contributed by atoms with van der Waals surface area (Å²) < 4.78 is 0. The fourth-order valence-corrected chi connectivity index (χ4v) is 4.38. The van der Waals surface area contributed by atoms with Crippen molar-refractivity contribution in [2.75, 3.05) is 29.5 Å². The minimum atomic E-state index is -0.212. The van der Waals surface area contributed by atoms with Gasteiger partial charge in [-0.3, -0.25) is 4.79 Å². The normalized spacial score (nSPS) is 19.5. The molecule has 18 heavy (non-hydrogen) atoms. The van der Waals surface area contributed by atoms with E-state index >= 15 is 0 Å². The van der Waals surface area contributed by atoms with Gasteiger partial charge >= 0.3 is 0 Å². The quantitative estimate of drug-likeness (QED) is 0.835. The summed E-state index contributed by atoms with van der Waals surface area (Å²) in [6, 6.07) is 1.55. The Labute approximate surface area is 119 Å². The number of halogens is 1. The van der Waals surface area contributed by atoms with Gasteiger partial charge in [-0.25, -0.2) is 4.98 Å². The van der Waals surface area contributed by atoms with Crippen LogP contribution in [-0.2, 0) is 0 Å². The van der Waals surface area contributed by atoms with Crippen molar-refractivity contribution >= 4 is 46.7 Å². The van der Waals surface area contributed by atoms with Gasteiger partial charge in [0, 0.05) is 29.1 Å². The van der Waals surface area contributed by atoms with Crippen LogP contribution in [0.3, 0.4) is 0 Å². The highest BCUT2D eigenvalue weighted by molar-refractivity contribution is 8.06. The summed E-state index contributed by atoms with van der Waals surface area (Å²) in [5.41, 5.74) is 6.37. The number of hydrogen-bond donors (Lipinski definition) is 2. The molecule has 1 saturated heterocycles. The van der Waals surface area contributed by atoms with Gasteiger partial charge in [0.05, 0.1) is 17.4 Å². The summed E-state index contributed by atoms with van der Waals surface area (Å²) >= 11 is 9.70. The number of carbonyl (C=O) groups excluding carboxylic acids is 1. The Morgan fingerprint density at radius 3 is 3.17 bits per heavy atom. The molecule has 1 amide bonds. The first-order valence-corrected chi connectivity index (χ1v) is 8.13. The molecular formula is C11H14ClN3OS2. The van der Waals surface area contributed by atoms with Gasteiger partial charge in [-0.05, 0) is 6.07 Å². The predicted molar refractivity (Wildman–Crippen MR) is 79.6 cm³/mol. The van der Waals surface area contributed by atoms with E-state index in [0.717, 1.165) is 11.5 Å². The minimum absolute atomic E-state index is 0.187. The number of amides is 1. The highest BCUT2D eigenvalue weighted by atomic mass is 35.5. The standard InChI is InChI=1S/C11H14ClN3OS2/c12-10-9(3-7(13)4-14-10)11(16)15-5-8-6-17-1-2-18-8/h3-4,8H,1-2,5-6,13H2,(H,15,16). The Kier molecular flexibility index (Phi) is 5.03. The van der Waals surface area contributed by atoms with E-state index < -0.39 is 0 Å². The molecule has 0 aromatic carbocycles. The van der Waals surface area contributed by atoms with E-state index in [1.54, 1.807) is 6.07 Å². The Hall–Kier alpha value is -0.590. The molecule has 0 bridgehead atoms. The first kappa shape index (κ1) is 13.8. The number of anilines is 1. The van der Waals surface area contributed by atoms with Crippen molar-refractivity contribution in [2.24, 2.45) is 0 Å². The largest absolute Gasteiger partial charge is 0.397 e. The van der Waals surface area contributed by atoms with E-state index in [9.17, 15) is 4.79 Å². The van der Waals surface area contributed by atoms with Crippen LogP contribution in [0.4, 0.5) is 5.69 Å². The smallest absolute Gasteiger partial charge is 0.254 e. The summed E-state index contributed by atoms with van der Waals surface area (Å²) in [6.45, 7) is 0.654. The van der Waals surface area contributed by atoms with Crippen LogP contribution < -0.4 is 11.1 Å². The second-order valence-corrected chi connectivity index (χ2v) is 6.80. The first-order valence-electron chi connectivity index (χ1n) is 5.55. The summed E-state index contributed by atoms with van der Waals surface area (Å²) in [4.78, 5) is 15.8. The highest BCUT2D eigenvalue weighted by Gasteiger charge is 2.17. The minimum Gasteiger partial charge on any atom is -0.397 e. The highest BCUT2D eigenvalue weighted by Crippen LogP contribution is 2.23. The average molecular weight is 304 g/mol. The number of hydrogen-bond acceptors (Lipinski definition) is 5. The van der Waals surface area contributed by atoms with Gasteiger partial charge in [-0.15, -0.1) is 0 Å². The zero-order chi connectivity index (χ0) is 13.0. The van der Waals surface area contributed by atoms with Crippen molar-refractivity contribution in [3.63, 3.8) is 0 Å². The summed E-state index contributed by atoms with van der Waals surface area (Å²) in [6.07, 6.45) is 1.44. The number of nitrogens with zero attached hydrogens (tertiary/aromatic N) is 1. The van der Waals surface area contributed by atoms with Crippen LogP contribution in [0.2, 0.25) is 5.15 Å². The average Bonchev–Trinajstić information content (AvgIpc) is 2.40. The van der Waals surface area contributed by atoms with Crippen LogP contribution in [-0.4, -0.2) is 39.9 Å². The van der Waals surface area contributed by atoms with Crippen LogP contribution in [0.5, 0.6) is 0 Å². The maximum atomic E-state index is 12.0. The van der Waals surface area contributed by atoms with E-state index in [2.05, 4.69) is 10.3 Å². The number of nitrogens with one attached hydrogen (secondary N) is 1. The predicted octanol–water partition coefficient (Wildman–Crippen LogP) is 1.90. The number of pyridine rings is 1. The number of nitrogens with two attached hydrogens (primary N) is 1. The third-order valence-corrected chi connectivity index (χ3v) is 5.63. The van der Waals surface area contributed by atoms with E-state index in [4.69, 9.17) is 17.3 Å². The van der Waals surface area contributed by atoms with Crippen molar-refractivity contribution in [1.29, 1.82) is 0 Å². The van der Waals surface area contributed by atoms with Gasteiger partial charge in [0.15, 0.2) is 0 Å². The molecular weight excluding hydrogens is 290 g/mol. The third-order valence-electron chi connectivity index (χ3n) is 2.48. The molecule has 1 aromatic heterocycles. The van der Waals surface area contributed by atoms with Crippen LogP contribution in [0.25, 0.3) is 0 Å². The van der Waals surface area contributed by atoms with Crippen molar-refractivity contribution in [2.45, 2.75) is 5.25 Å². The van der Waals surface area contributed by atoms with Gasteiger partial charge in [0.2, 0.25) is 0 Å². The lowest BCUT2D eigenvalue weighted by Gasteiger charge is -2.21. The molecule has 0 saturated carbocycles. The zero-order valence-corrected chi connectivity index (χ0v) is 12.1. The summed E-state index contributed by atoms with van der Waals surface area (Å²) in [5.74, 6) is 3.20. The molecule has 1 aliphatic rings. The third kappa shape index (κ3) is 3.70. The molecule has 0 radical (unpaired) electrons. The van der Waals surface area contributed by atoms with E-state index in [1.807, 2.05) is 23.5 Å². The van der Waals surface area contributed by atoms with Crippen molar-refractivity contribution < 1.29 is 4.79 Å². The number of rotatable bonds is 3. The molecule has 2 rings (SSSR count). The molecule has 7 heteroatoms. The van der Waals surface area contributed by atoms with E-state index in [0.29, 0.717) is 23.0 Å². The lowest BCUT2D eigenvalue weighted by molar-refractivity contribution is 0.0954. The van der Waals surface area contributed by atoms with E-state index in [-0.39, 0.29) is 11.1 Å². The topological polar surface area (TPSA) is 68.0 Å². The molecule has 0 spiro atoms. The number of nitrogen functional groups attached to an aromatic ring is 1. The number of aromatic nitrogens is 1. The maximum Gasteiger partial charge on any atom is 0.254 e. The first-order chi connectivity index (χ1) is 8.66. The molecule has 98 valence electrons. The lowest BCUT2D eigenvalue weighted by Crippen LogP contribution is -2.33. The monoisotopic (exact) mass is 303 g/mol. The van der Waals surface area contributed by atoms with Crippen LogP contribution in [0.1, 0.15) is 10.4 Å². The summed E-state index contributed by atoms with van der Waals surface area (Å²) in [7, 11) is 0. The van der Waals surface area contributed by atoms with Crippen molar-refractivity contribution in [1.82, 2.24) is 10.3 Å². The number of carbonyl (C=O) groups is 1. The van der Waals surface area contributed by atoms with Gasteiger partial charge in [-0.1, -0.05) is 11.6 Å². The lowest BCUT2D eigenvalue weighted by atomic mass is 10.2. The number of thioether (sulfide) groups is 2. The Morgan fingerprint density at radius 2 is 2.44 bits per heavy atom. The molecule has 2 heterocycles. The van der Waals surface area contributed by atoms with Crippen molar-refractivity contribution in [3.05, 3.63) is 23.0 Å². The van der Waals surface area contributed by atoms with Gasteiger partial charge in [-0.2, -0.15) is 23.5 Å². The molecule has 1 aliphatic heterocycles. The molecule has 0 aliphatic carbocycles. The second kappa shape index (κ2) is 6.54. The van der Waals surface area contributed by atoms with Crippen LogP contribution >= 0.6 is 35.1 Å². The maximum absolute atomic E-state index is 12.0. The fourth-order valence-electron chi connectivity index (χ4n) is 1.58. The van der Waals surface area contributed by atoms with E-state index in [1.165, 1.54) is 11.9 Å². The Morgan fingerprint density at radius 1 is 1.61 bits per heavy atom.